The number of thioether (sulfide) groups is 2. The van der Waals surface area contributed by atoms with Crippen molar-refractivity contribution in [3.05, 3.63) is 35.9 Å². The van der Waals surface area contributed by atoms with Gasteiger partial charge in [-0.2, -0.15) is 0 Å². The van der Waals surface area contributed by atoms with E-state index in [-0.39, 0.29) is 0 Å². The first kappa shape index (κ1) is 34.2. The van der Waals surface area contributed by atoms with Gasteiger partial charge in [0.25, 0.3) is 0 Å². The van der Waals surface area contributed by atoms with Gasteiger partial charge in [-0.05, 0) is 49.2 Å². The van der Waals surface area contributed by atoms with Crippen molar-refractivity contribution in [1.29, 1.82) is 0 Å². The summed E-state index contributed by atoms with van der Waals surface area (Å²) in [6.45, 7) is 11.4. The molecule has 1 aromatic carbocycles. The van der Waals surface area contributed by atoms with Gasteiger partial charge in [0.15, 0.2) is 0 Å². The third kappa shape index (κ3) is 8.62. The van der Waals surface area contributed by atoms with E-state index in [2.05, 4.69) is 39.8 Å². The van der Waals surface area contributed by atoms with Crippen LogP contribution in [0.5, 0.6) is 0 Å². The fourth-order valence-electron chi connectivity index (χ4n) is 5.26. The van der Waals surface area contributed by atoms with Crippen LogP contribution < -0.4 is 0 Å². The zero-order valence-electron chi connectivity index (χ0n) is 25.3. The van der Waals surface area contributed by atoms with Crippen molar-refractivity contribution in [3.63, 3.8) is 0 Å². The van der Waals surface area contributed by atoms with E-state index in [0.29, 0.717) is 33.0 Å². The summed E-state index contributed by atoms with van der Waals surface area (Å²) in [6.07, 6.45) is 6.91. The number of hydrogen-bond donors (Lipinski definition) is 1. The van der Waals surface area contributed by atoms with Gasteiger partial charge < -0.3 is 28.8 Å². The van der Waals surface area contributed by atoms with Crippen molar-refractivity contribution in [3.8, 4) is 0 Å². The molecule has 6 nitrogen and oxygen atoms in total. The molecular weight excluding hydrogens is 544 g/mol. The molecule has 0 radical (unpaired) electrons. The summed E-state index contributed by atoms with van der Waals surface area (Å²) in [5.74, 6) is 0.216. The number of aliphatic hydroxyl groups is 1. The van der Waals surface area contributed by atoms with Crippen LogP contribution in [0, 0.1) is 0 Å². The standard InChI is InChI=1S/C32H54O6S2/c1-5-9-19-34-25-27-28(35-20-10-6-2)29(36-21-11-7-3)30(37-22-12-8-4)31(33,38-27)32(39-23-16-24-40-32)26-17-14-13-15-18-26/h13-15,17-18,27-30,33H,5-12,16,19-25H2,1-4H3/t27-,28-,29+,30-,31-/m1/s1. The highest BCUT2D eigenvalue weighted by molar-refractivity contribution is 8.18. The molecule has 2 heterocycles. The van der Waals surface area contributed by atoms with Crippen molar-refractivity contribution in [2.75, 3.05) is 44.5 Å². The minimum atomic E-state index is -1.65. The summed E-state index contributed by atoms with van der Waals surface area (Å²) in [4.78, 5) is 0. The third-order valence-electron chi connectivity index (χ3n) is 7.57. The minimum Gasteiger partial charge on any atom is -0.379 e. The Morgan fingerprint density at radius 1 is 0.775 bits per heavy atom. The average molecular weight is 599 g/mol. The molecule has 0 amide bonds. The van der Waals surface area contributed by atoms with Crippen LogP contribution >= 0.6 is 23.5 Å². The molecule has 5 atom stereocenters. The van der Waals surface area contributed by atoms with Gasteiger partial charge in [-0.1, -0.05) is 83.7 Å². The monoisotopic (exact) mass is 598 g/mol. The highest BCUT2D eigenvalue weighted by Crippen LogP contribution is 2.60. The van der Waals surface area contributed by atoms with Crippen LogP contribution in [0.3, 0.4) is 0 Å². The van der Waals surface area contributed by atoms with Gasteiger partial charge in [0.2, 0.25) is 5.79 Å². The van der Waals surface area contributed by atoms with Crippen molar-refractivity contribution in [2.45, 2.75) is 120 Å². The molecular formula is C32H54O6S2. The second-order valence-corrected chi connectivity index (χ2v) is 13.7. The van der Waals surface area contributed by atoms with Crippen LogP contribution in [0.15, 0.2) is 30.3 Å². The van der Waals surface area contributed by atoms with Crippen LogP contribution in [0.25, 0.3) is 0 Å². The number of rotatable bonds is 19. The fourth-order valence-corrected chi connectivity index (χ4v) is 8.77. The molecule has 3 rings (SSSR count). The molecule has 0 aliphatic carbocycles. The largest absolute Gasteiger partial charge is 0.379 e. The molecule has 1 N–H and O–H groups in total. The van der Waals surface area contributed by atoms with Gasteiger partial charge in [-0.15, -0.1) is 23.5 Å². The van der Waals surface area contributed by atoms with Crippen molar-refractivity contribution >= 4 is 23.5 Å². The molecule has 2 saturated heterocycles. The summed E-state index contributed by atoms with van der Waals surface area (Å²) >= 11 is 3.54. The molecule has 0 spiro atoms. The molecule has 0 bridgehead atoms. The lowest BCUT2D eigenvalue weighted by Gasteiger charge is -2.57. The number of benzene rings is 1. The van der Waals surface area contributed by atoms with Gasteiger partial charge in [0.1, 0.15) is 28.5 Å². The normalized spacial score (nSPS) is 28.5. The number of hydrogen-bond acceptors (Lipinski definition) is 8. The Labute approximate surface area is 252 Å². The van der Waals surface area contributed by atoms with E-state index in [4.69, 9.17) is 23.7 Å². The van der Waals surface area contributed by atoms with Crippen LogP contribution in [0.2, 0.25) is 0 Å². The maximum atomic E-state index is 13.1. The Bertz CT molecular complexity index is 793. The molecule has 230 valence electrons. The third-order valence-corrected chi connectivity index (χ3v) is 11.1. The van der Waals surface area contributed by atoms with E-state index in [0.717, 1.165) is 74.9 Å². The summed E-state index contributed by atoms with van der Waals surface area (Å²) in [5.41, 5.74) is 1.04. The highest BCUT2D eigenvalue weighted by atomic mass is 32.2. The molecule has 40 heavy (non-hydrogen) atoms. The van der Waals surface area contributed by atoms with E-state index >= 15 is 0 Å². The Kier molecular flexibility index (Phi) is 15.7. The van der Waals surface area contributed by atoms with Gasteiger partial charge in [-0.25, -0.2) is 0 Å². The summed E-state index contributed by atoms with van der Waals surface area (Å²) < 4.78 is 32.2. The predicted molar refractivity (Wildman–Crippen MR) is 167 cm³/mol. The van der Waals surface area contributed by atoms with Gasteiger partial charge >= 0.3 is 0 Å². The van der Waals surface area contributed by atoms with E-state index in [9.17, 15) is 5.11 Å². The number of ether oxygens (including phenoxy) is 5. The first-order valence-electron chi connectivity index (χ1n) is 15.7. The van der Waals surface area contributed by atoms with Crippen LogP contribution in [0.4, 0.5) is 0 Å². The van der Waals surface area contributed by atoms with Crippen LogP contribution in [-0.2, 0) is 27.8 Å². The van der Waals surface area contributed by atoms with Crippen LogP contribution in [0.1, 0.15) is 91.0 Å². The van der Waals surface area contributed by atoms with Gasteiger partial charge in [0, 0.05) is 26.4 Å². The zero-order valence-corrected chi connectivity index (χ0v) is 26.9. The highest BCUT2D eigenvalue weighted by Gasteiger charge is 2.67. The molecule has 2 aliphatic rings. The van der Waals surface area contributed by atoms with Gasteiger partial charge in [0.05, 0.1) is 6.61 Å². The Balaban J connectivity index is 2.09. The SMILES string of the molecule is CCCCOC[C@H]1O[C@@](O)(C2(c3ccccc3)SCCCS2)[C@H](OCCCC)[C@@H](OCCCC)[C@@H]1OCCCC. The molecule has 8 heteroatoms. The van der Waals surface area contributed by atoms with Crippen molar-refractivity contribution < 1.29 is 28.8 Å². The Hall–Kier alpha value is -0.320. The molecule has 0 unspecified atom stereocenters. The first-order valence-corrected chi connectivity index (χ1v) is 17.7. The van der Waals surface area contributed by atoms with Crippen LogP contribution in [-0.4, -0.2) is 79.8 Å². The molecule has 1 aromatic rings. The maximum absolute atomic E-state index is 13.1. The number of unbranched alkanes of at least 4 members (excludes halogenated alkanes) is 4. The lowest BCUT2D eigenvalue weighted by molar-refractivity contribution is -0.371. The summed E-state index contributed by atoms with van der Waals surface area (Å²) in [5, 5.41) is 13.1. The van der Waals surface area contributed by atoms with Crippen molar-refractivity contribution in [1.82, 2.24) is 0 Å². The van der Waals surface area contributed by atoms with Crippen molar-refractivity contribution in [2.24, 2.45) is 0 Å². The molecule has 2 aliphatic heterocycles. The fraction of sp³-hybridized carbons (Fsp3) is 0.812. The molecule has 0 saturated carbocycles. The molecule has 2 fully saturated rings. The zero-order chi connectivity index (χ0) is 28.7. The lowest BCUT2D eigenvalue weighted by atomic mass is 9.87. The first-order chi connectivity index (χ1) is 19.6. The second kappa shape index (κ2) is 18.4. The Morgan fingerprint density at radius 3 is 1.93 bits per heavy atom. The van der Waals surface area contributed by atoms with E-state index in [1.807, 2.05) is 18.2 Å². The smallest absolute Gasteiger partial charge is 0.224 e. The van der Waals surface area contributed by atoms with E-state index in [1.165, 1.54) is 0 Å². The summed E-state index contributed by atoms with van der Waals surface area (Å²) in [6, 6.07) is 10.3. The van der Waals surface area contributed by atoms with E-state index < -0.39 is 34.3 Å². The molecule has 0 aromatic heterocycles. The Morgan fingerprint density at radius 2 is 1.32 bits per heavy atom. The second-order valence-electron chi connectivity index (χ2n) is 10.8. The topological polar surface area (TPSA) is 66.4 Å². The predicted octanol–water partition coefficient (Wildman–Crippen LogP) is 7.17. The van der Waals surface area contributed by atoms with Gasteiger partial charge in [-0.3, -0.25) is 0 Å². The quantitative estimate of drug-likeness (QED) is 0.168. The lowest BCUT2D eigenvalue weighted by Crippen LogP contribution is -2.72. The minimum absolute atomic E-state index is 0.342. The maximum Gasteiger partial charge on any atom is 0.224 e. The van der Waals surface area contributed by atoms with E-state index in [1.54, 1.807) is 23.5 Å². The summed E-state index contributed by atoms with van der Waals surface area (Å²) in [7, 11) is 0. The average Bonchev–Trinajstić information content (AvgIpc) is 2.99.